The van der Waals surface area contributed by atoms with Gasteiger partial charge in [-0.15, -0.1) is 11.7 Å². The summed E-state index contributed by atoms with van der Waals surface area (Å²) in [6.45, 7) is 3.76. The fourth-order valence-electron chi connectivity index (χ4n) is 0.528. The van der Waals surface area contributed by atoms with Crippen LogP contribution in [0.3, 0.4) is 0 Å². The summed E-state index contributed by atoms with van der Waals surface area (Å²) in [5.74, 6) is -0.156. The van der Waals surface area contributed by atoms with E-state index in [1.54, 1.807) is 7.05 Å². The Morgan fingerprint density at radius 3 is 2.45 bits per heavy atom. The topological polar surface area (TPSA) is 55.1 Å². The first-order valence-corrected chi connectivity index (χ1v) is 5.12. The van der Waals surface area contributed by atoms with E-state index < -0.39 is 6.04 Å². The molecule has 0 radical (unpaired) electrons. The molecular weight excluding hydrogens is 180 g/mol. The molecule has 3 nitrogen and oxygen atoms in total. The number of likely N-dealkylation sites (N-methyl/N-ethyl adjacent to an activating group) is 1. The second-order valence-electron chi connectivity index (χ2n) is 2.79. The third-order valence-electron chi connectivity index (χ3n) is 1.51. The molecule has 0 bridgehead atoms. The second kappa shape index (κ2) is 4.23. The van der Waals surface area contributed by atoms with Crippen molar-refractivity contribution >= 4 is 28.4 Å². The van der Waals surface area contributed by atoms with Gasteiger partial charge in [0.05, 0.1) is 6.04 Å². The lowest BCUT2D eigenvalue weighted by atomic mass is 10.0. The molecule has 0 aromatic carbocycles. The van der Waals surface area contributed by atoms with Crippen molar-refractivity contribution < 1.29 is 4.79 Å². The molecule has 1 amide bonds. The largest absolute Gasteiger partial charge is 0.358 e. The average molecular weight is 194 g/mol. The zero-order valence-electron chi connectivity index (χ0n) is 6.92. The van der Waals surface area contributed by atoms with Crippen LogP contribution in [0.5, 0.6) is 0 Å². The van der Waals surface area contributed by atoms with E-state index in [0.29, 0.717) is 0 Å². The van der Waals surface area contributed by atoms with Gasteiger partial charge in [-0.3, -0.25) is 4.79 Å². The van der Waals surface area contributed by atoms with Crippen LogP contribution >= 0.6 is 22.5 Å². The van der Waals surface area contributed by atoms with Crippen molar-refractivity contribution in [1.29, 1.82) is 0 Å². The van der Waals surface area contributed by atoms with Gasteiger partial charge in [0.25, 0.3) is 0 Å². The van der Waals surface area contributed by atoms with Crippen molar-refractivity contribution in [1.82, 2.24) is 5.32 Å². The summed E-state index contributed by atoms with van der Waals surface area (Å²) < 4.78 is -0.330. The highest BCUT2D eigenvalue weighted by Gasteiger charge is 2.31. The van der Waals surface area contributed by atoms with Gasteiger partial charge in [0, 0.05) is 11.8 Å². The average Bonchev–Trinajstić information content (AvgIpc) is 2.01. The molecule has 0 heterocycles. The highest BCUT2D eigenvalue weighted by atomic mass is 33.1. The van der Waals surface area contributed by atoms with Gasteiger partial charge in [-0.05, 0) is 13.8 Å². The Morgan fingerprint density at radius 2 is 2.18 bits per heavy atom. The number of carbonyl (C=O) groups excluding carboxylic acids is 1. The molecule has 0 aliphatic carbocycles. The third kappa shape index (κ3) is 2.92. The summed E-state index contributed by atoms with van der Waals surface area (Å²) in [6.07, 6.45) is 0. The van der Waals surface area contributed by atoms with Crippen LogP contribution in [0.2, 0.25) is 0 Å². The van der Waals surface area contributed by atoms with Crippen molar-refractivity contribution in [3.05, 3.63) is 0 Å². The number of rotatable bonds is 3. The molecule has 0 aliphatic heterocycles. The minimum atomic E-state index is -0.519. The fourth-order valence-corrected chi connectivity index (χ4v) is 1.09. The van der Waals surface area contributed by atoms with E-state index in [0.717, 1.165) is 0 Å². The van der Waals surface area contributed by atoms with Gasteiger partial charge in [-0.25, -0.2) is 0 Å². The molecule has 0 aromatic heterocycles. The number of amides is 1. The molecule has 5 heteroatoms. The minimum Gasteiger partial charge on any atom is -0.358 e. The molecule has 1 unspecified atom stereocenters. The SMILES string of the molecule is CNC(=O)C(N)C(C)(C)SS. The minimum absolute atomic E-state index is 0.156. The molecule has 0 rings (SSSR count). The molecule has 0 aliphatic rings. The van der Waals surface area contributed by atoms with Crippen molar-refractivity contribution in [2.24, 2.45) is 5.73 Å². The summed E-state index contributed by atoms with van der Waals surface area (Å²) in [5, 5.41) is 2.49. The molecule has 0 fully saturated rings. The molecule has 0 saturated heterocycles. The van der Waals surface area contributed by atoms with Gasteiger partial charge in [0.2, 0.25) is 5.91 Å². The molecule has 0 aromatic rings. The molecule has 1 atom stereocenters. The van der Waals surface area contributed by atoms with Crippen molar-refractivity contribution in [3.8, 4) is 0 Å². The monoisotopic (exact) mass is 194 g/mol. The maximum absolute atomic E-state index is 11.0. The summed E-state index contributed by atoms with van der Waals surface area (Å²) >= 11 is 4.03. The number of hydrogen-bond acceptors (Lipinski definition) is 4. The van der Waals surface area contributed by atoms with Crippen LogP contribution in [-0.4, -0.2) is 23.7 Å². The zero-order valence-corrected chi connectivity index (χ0v) is 8.63. The van der Waals surface area contributed by atoms with Gasteiger partial charge < -0.3 is 11.1 Å². The van der Waals surface area contributed by atoms with Crippen molar-refractivity contribution in [2.45, 2.75) is 24.6 Å². The van der Waals surface area contributed by atoms with Gasteiger partial charge in [-0.1, -0.05) is 10.8 Å². The molecular formula is C6H14N2OS2. The molecule has 0 spiro atoms. The lowest BCUT2D eigenvalue weighted by Crippen LogP contribution is -2.50. The van der Waals surface area contributed by atoms with Crippen LogP contribution < -0.4 is 11.1 Å². The summed E-state index contributed by atoms with van der Waals surface area (Å²) in [5.41, 5.74) is 5.63. The maximum atomic E-state index is 11.0. The Hall–Kier alpha value is 0.130. The molecule has 66 valence electrons. The maximum Gasteiger partial charge on any atom is 0.238 e. The first-order chi connectivity index (χ1) is 4.95. The summed E-state index contributed by atoms with van der Waals surface area (Å²) in [4.78, 5) is 11.0. The van der Waals surface area contributed by atoms with Crippen LogP contribution in [0.1, 0.15) is 13.8 Å². The molecule has 11 heavy (non-hydrogen) atoms. The number of carbonyl (C=O) groups is 1. The van der Waals surface area contributed by atoms with Crippen LogP contribution in [0.25, 0.3) is 0 Å². The number of thiol groups is 1. The third-order valence-corrected chi connectivity index (χ3v) is 3.65. The second-order valence-corrected chi connectivity index (χ2v) is 4.57. The lowest BCUT2D eigenvalue weighted by Gasteiger charge is -2.26. The number of nitrogens with one attached hydrogen (secondary N) is 1. The quantitative estimate of drug-likeness (QED) is 0.451. The fraction of sp³-hybridized carbons (Fsp3) is 0.833. The summed E-state index contributed by atoms with van der Waals surface area (Å²) in [7, 11) is 2.86. The molecule has 3 N–H and O–H groups in total. The number of hydrogen-bond donors (Lipinski definition) is 3. The number of nitrogens with two attached hydrogens (primary N) is 1. The van der Waals surface area contributed by atoms with Crippen LogP contribution in [-0.2, 0) is 4.79 Å². The van der Waals surface area contributed by atoms with E-state index in [9.17, 15) is 4.79 Å². The first-order valence-electron chi connectivity index (χ1n) is 3.25. The smallest absolute Gasteiger partial charge is 0.238 e. The predicted octanol–water partition coefficient (Wildman–Crippen LogP) is 0.416. The zero-order chi connectivity index (χ0) is 9.07. The Labute approximate surface area is 76.3 Å². The van der Waals surface area contributed by atoms with Gasteiger partial charge >= 0.3 is 0 Å². The van der Waals surface area contributed by atoms with Gasteiger partial charge in [-0.2, -0.15) is 0 Å². The Balaban J connectivity index is 4.22. The molecule has 0 saturated carbocycles. The van der Waals surface area contributed by atoms with E-state index in [2.05, 4.69) is 17.0 Å². The van der Waals surface area contributed by atoms with E-state index in [-0.39, 0.29) is 10.7 Å². The predicted molar refractivity (Wildman–Crippen MR) is 52.7 cm³/mol. The van der Waals surface area contributed by atoms with E-state index in [1.165, 1.54) is 10.8 Å². The van der Waals surface area contributed by atoms with Crippen molar-refractivity contribution in [2.75, 3.05) is 7.05 Å². The Kier molecular flexibility index (Phi) is 4.28. The normalized spacial score (nSPS) is 14.3. The van der Waals surface area contributed by atoms with E-state index in [4.69, 9.17) is 5.73 Å². The lowest BCUT2D eigenvalue weighted by molar-refractivity contribution is -0.122. The standard InChI is InChI=1S/C6H14N2OS2/c1-6(2,11-10)4(7)5(9)8-3/h4,10H,7H2,1-3H3,(H,8,9). The van der Waals surface area contributed by atoms with Crippen LogP contribution in [0.4, 0.5) is 0 Å². The Morgan fingerprint density at radius 1 is 1.73 bits per heavy atom. The van der Waals surface area contributed by atoms with E-state index >= 15 is 0 Å². The Bertz CT molecular complexity index is 150. The van der Waals surface area contributed by atoms with Crippen molar-refractivity contribution in [3.63, 3.8) is 0 Å². The van der Waals surface area contributed by atoms with E-state index in [1.807, 2.05) is 13.8 Å². The van der Waals surface area contributed by atoms with Gasteiger partial charge in [0.1, 0.15) is 0 Å². The van der Waals surface area contributed by atoms with Crippen LogP contribution in [0.15, 0.2) is 0 Å². The highest BCUT2D eigenvalue weighted by Crippen LogP contribution is 2.29. The highest BCUT2D eigenvalue weighted by molar-refractivity contribution is 8.69. The summed E-state index contributed by atoms with van der Waals surface area (Å²) in [6, 6.07) is -0.519. The van der Waals surface area contributed by atoms with Gasteiger partial charge in [0.15, 0.2) is 0 Å². The first kappa shape index (κ1) is 11.1. The van der Waals surface area contributed by atoms with Crippen LogP contribution in [0, 0.1) is 0 Å².